The lowest BCUT2D eigenvalue weighted by Crippen LogP contribution is -2.50. The van der Waals surface area contributed by atoms with Gasteiger partial charge in [0.15, 0.2) is 18.1 Å². The van der Waals surface area contributed by atoms with Gasteiger partial charge in [-0.05, 0) is 19.2 Å². The van der Waals surface area contributed by atoms with E-state index in [0.717, 1.165) is 0 Å². The van der Waals surface area contributed by atoms with E-state index in [1.54, 1.807) is 36.1 Å². The third kappa shape index (κ3) is 5.91. The van der Waals surface area contributed by atoms with Crippen molar-refractivity contribution >= 4 is 11.9 Å². The molecule has 1 fully saturated rings. The van der Waals surface area contributed by atoms with E-state index in [-0.39, 0.29) is 25.2 Å². The van der Waals surface area contributed by atoms with Crippen molar-refractivity contribution < 1.29 is 28.9 Å². The van der Waals surface area contributed by atoms with Gasteiger partial charge in [0.25, 0.3) is 5.91 Å². The van der Waals surface area contributed by atoms with Gasteiger partial charge in [0.05, 0.1) is 26.4 Å². The number of rotatable bonds is 8. The molecular weight excluding hydrogens is 328 g/mol. The van der Waals surface area contributed by atoms with Gasteiger partial charge < -0.3 is 24.2 Å². The molecule has 138 valence electrons. The number of likely N-dealkylation sites (N-methyl/N-ethyl adjacent to an activating group) is 1. The Bertz CT molecular complexity index is 594. The Morgan fingerprint density at radius 2 is 2.08 bits per heavy atom. The number of carbonyl (C=O) groups excluding carboxylic acids is 1. The van der Waals surface area contributed by atoms with Crippen LogP contribution in [0, 0.1) is 0 Å². The first-order valence-electron chi connectivity index (χ1n) is 8.05. The molecule has 8 heteroatoms. The second-order valence-corrected chi connectivity index (χ2v) is 5.86. The molecule has 0 bridgehead atoms. The first-order valence-corrected chi connectivity index (χ1v) is 8.05. The van der Waals surface area contributed by atoms with Crippen LogP contribution in [0.3, 0.4) is 0 Å². The lowest BCUT2D eigenvalue weighted by molar-refractivity contribution is -0.143. The molecule has 25 heavy (non-hydrogen) atoms. The van der Waals surface area contributed by atoms with E-state index in [0.29, 0.717) is 37.7 Å². The average molecular weight is 352 g/mol. The van der Waals surface area contributed by atoms with E-state index in [4.69, 9.17) is 19.3 Å². The van der Waals surface area contributed by atoms with Crippen LogP contribution in [0.2, 0.25) is 0 Å². The van der Waals surface area contributed by atoms with Crippen molar-refractivity contribution in [2.75, 3.05) is 53.6 Å². The van der Waals surface area contributed by atoms with Crippen molar-refractivity contribution in [3.8, 4) is 11.5 Å². The van der Waals surface area contributed by atoms with Crippen LogP contribution < -0.4 is 9.47 Å². The van der Waals surface area contributed by atoms with Crippen LogP contribution in [-0.2, 0) is 14.3 Å². The molecule has 0 aliphatic carbocycles. The minimum absolute atomic E-state index is 0.0648. The van der Waals surface area contributed by atoms with E-state index in [1.807, 2.05) is 12.1 Å². The van der Waals surface area contributed by atoms with Crippen LogP contribution in [0.15, 0.2) is 24.3 Å². The maximum Gasteiger partial charge on any atom is 0.317 e. The summed E-state index contributed by atoms with van der Waals surface area (Å²) in [6.07, 6.45) is -0.215. The predicted molar refractivity (Wildman–Crippen MR) is 89.9 cm³/mol. The lowest BCUT2D eigenvalue weighted by atomic mass is 10.2. The van der Waals surface area contributed by atoms with Crippen molar-refractivity contribution in [2.45, 2.75) is 6.10 Å². The Morgan fingerprint density at radius 3 is 2.76 bits per heavy atom. The molecule has 1 amide bonds. The van der Waals surface area contributed by atoms with Gasteiger partial charge in [0.1, 0.15) is 0 Å². The highest BCUT2D eigenvalue weighted by Gasteiger charge is 2.26. The van der Waals surface area contributed by atoms with E-state index >= 15 is 0 Å². The van der Waals surface area contributed by atoms with Crippen LogP contribution in [0.4, 0.5) is 0 Å². The smallest absolute Gasteiger partial charge is 0.317 e. The number of nitrogens with zero attached hydrogens (tertiary/aromatic N) is 2. The molecule has 1 aliphatic heterocycles. The molecule has 0 spiro atoms. The summed E-state index contributed by atoms with van der Waals surface area (Å²) >= 11 is 0. The monoisotopic (exact) mass is 352 g/mol. The zero-order chi connectivity index (χ0) is 18.2. The number of carboxylic acid groups (broad SMARTS) is 1. The van der Waals surface area contributed by atoms with Crippen LogP contribution in [0.25, 0.3) is 0 Å². The fourth-order valence-electron chi connectivity index (χ4n) is 2.67. The van der Waals surface area contributed by atoms with E-state index in [2.05, 4.69) is 0 Å². The van der Waals surface area contributed by atoms with Gasteiger partial charge >= 0.3 is 5.97 Å². The summed E-state index contributed by atoms with van der Waals surface area (Å²) in [7, 11) is 3.26. The molecule has 0 saturated carbocycles. The average Bonchev–Trinajstić information content (AvgIpc) is 2.59. The highest BCUT2D eigenvalue weighted by atomic mass is 16.5. The van der Waals surface area contributed by atoms with Crippen molar-refractivity contribution in [3.05, 3.63) is 24.3 Å². The van der Waals surface area contributed by atoms with Gasteiger partial charge in [-0.15, -0.1) is 0 Å². The summed E-state index contributed by atoms with van der Waals surface area (Å²) in [6.45, 7) is 1.63. The quantitative estimate of drug-likeness (QED) is 0.721. The van der Waals surface area contributed by atoms with Crippen molar-refractivity contribution in [3.63, 3.8) is 0 Å². The summed E-state index contributed by atoms with van der Waals surface area (Å²) in [5.74, 6) is 0.0614. The first kappa shape index (κ1) is 19.0. The normalized spacial score (nSPS) is 17.4. The molecule has 1 atom stereocenters. The van der Waals surface area contributed by atoms with Gasteiger partial charge in [0.2, 0.25) is 0 Å². The highest BCUT2D eigenvalue weighted by Crippen LogP contribution is 2.25. The zero-order valence-corrected chi connectivity index (χ0v) is 14.5. The second-order valence-electron chi connectivity index (χ2n) is 5.86. The number of para-hydroxylation sites is 2. The molecule has 1 unspecified atom stereocenters. The third-order valence-corrected chi connectivity index (χ3v) is 3.83. The topological polar surface area (TPSA) is 88.5 Å². The number of hydrogen-bond donors (Lipinski definition) is 1. The van der Waals surface area contributed by atoms with Crippen molar-refractivity contribution in [1.29, 1.82) is 0 Å². The molecular formula is C17H24N2O6. The maximum atomic E-state index is 12.4. The van der Waals surface area contributed by atoms with E-state index < -0.39 is 5.97 Å². The molecule has 1 N–H and O–H groups in total. The number of morpholine rings is 1. The molecule has 8 nitrogen and oxygen atoms in total. The maximum absolute atomic E-state index is 12.4. The van der Waals surface area contributed by atoms with Gasteiger partial charge in [0, 0.05) is 19.6 Å². The van der Waals surface area contributed by atoms with Gasteiger partial charge in [-0.2, -0.15) is 0 Å². The van der Waals surface area contributed by atoms with Crippen LogP contribution >= 0.6 is 0 Å². The fraction of sp³-hybridized carbons (Fsp3) is 0.529. The minimum Gasteiger partial charge on any atom is -0.493 e. The van der Waals surface area contributed by atoms with Gasteiger partial charge in [-0.3, -0.25) is 14.5 Å². The van der Waals surface area contributed by atoms with Crippen LogP contribution in [-0.4, -0.2) is 86.4 Å². The standard InChI is InChI=1S/C17H24N2O6/c1-18(11-17(21)22)9-13-10-19(7-8-24-13)16(20)12-25-15-6-4-3-5-14(15)23-2/h3-6,13H,7-12H2,1-2H3,(H,21,22). The molecule has 1 heterocycles. The summed E-state index contributed by atoms with van der Waals surface area (Å²) in [5.41, 5.74) is 0. The second kappa shape index (κ2) is 9.24. The number of methoxy groups -OCH3 is 1. The van der Waals surface area contributed by atoms with Crippen molar-refractivity contribution in [1.82, 2.24) is 9.80 Å². The number of carboxylic acids is 1. The number of hydrogen-bond acceptors (Lipinski definition) is 6. The number of amides is 1. The van der Waals surface area contributed by atoms with E-state index in [9.17, 15) is 9.59 Å². The molecule has 0 aromatic heterocycles. The first-order chi connectivity index (χ1) is 12.0. The molecule has 0 radical (unpaired) electrons. The number of ether oxygens (including phenoxy) is 3. The molecule has 1 aliphatic rings. The Hall–Kier alpha value is -2.32. The molecule has 2 rings (SSSR count). The SMILES string of the molecule is COc1ccccc1OCC(=O)N1CCOC(CN(C)CC(=O)O)C1. The van der Waals surface area contributed by atoms with Gasteiger partial charge in [-0.25, -0.2) is 0 Å². The molecule has 1 aromatic carbocycles. The summed E-state index contributed by atoms with van der Waals surface area (Å²) in [6, 6.07) is 7.15. The largest absolute Gasteiger partial charge is 0.493 e. The summed E-state index contributed by atoms with van der Waals surface area (Å²) in [5, 5.41) is 8.80. The van der Waals surface area contributed by atoms with Gasteiger partial charge in [-0.1, -0.05) is 12.1 Å². The summed E-state index contributed by atoms with van der Waals surface area (Å²) in [4.78, 5) is 26.4. The van der Waals surface area contributed by atoms with Crippen molar-refractivity contribution in [2.24, 2.45) is 0 Å². The Labute approximate surface area is 146 Å². The summed E-state index contributed by atoms with van der Waals surface area (Å²) < 4.78 is 16.4. The number of aliphatic carboxylic acids is 1. The predicted octanol–water partition coefficient (Wildman–Crippen LogP) is 0.318. The van der Waals surface area contributed by atoms with Crippen LogP contribution in [0.5, 0.6) is 11.5 Å². The fourth-order valence-corrected chi connectivity index (χ4v) is 2.67. The highest BCUT2D eigenvalue weighted by molar-refractivity contribution is 5.78. The Morgan fingerprint density at radius 1 is 1.36 bits per heavy atom. The number of carbonyl (C=O) groups is 2. The number of benzene rings is 1. The van der Waals surface area contributed by atoms with E-state index in [1.165, 1.54) is 0 Å². The zero-order valence-electron chi connectivity index (χ0n) is 14.5. The molecule has 1 aromatic rings. The Kier molecular flexibility index (Phi) is 7.03. The minimum atomic E-state index is -0.892. The lowest BCUT2D eigenvalue weighted by Gasteiger charge is -2.34. The Balaban J connectivity index is 1.83. The van der Waals surface area contributed by atoms with Crippen LogP contribution in [0.1, 0.15) is 0 Å². The molecule has 1 saturated heterocycles. The third-order valence-electron chi connectivity index (χ3n) is 3.83.